The summed E-state index contributed by atoms with van der Waals surface area (Å²) in [5.74, 6) is 0.719. The number of nitrogens with one attached hydrogen (secondary N) is 1. The van der Waals surface area contributed by atoms with Crippen LogP contribution in [-0.2, 0) is 6.54 Å². The van der Waals surface area contributed by atoms with Gasteiger partial charge >= 0.3 is 0 Å². The van der Waals surface area contributed by atoms with Crippen LogP contribution in [0.2, 0.25) is 0 Å². The van der Waals surface area contributed by atoms with E-state index in [1.165, 1.54) is 25.3 Å². The molecule has 1 saturated carbocycles. The zero-order chi connectivity index (χ0) is 9.80. The number of halogens is 1. The molecule has 14 heavy (non-hydrogen) atoms. The van der Waals surface area contributed by atoms with Crippen LogP contribution in [0, 0.1) is 11.7 Å². The first-order valence-corrected chi connectivity index (χ1v) is 5.30. The maximum atomic E-state index is 12.8. The van der Waals surface area contributed by atoms with Crippen LogP contribution in [0.1, 0.15) is 24.8 Å². The fraction of sp³-hybridized carbons (Fsp3) is 0.500. The molecule has 0 aliphatic heterocycles. The average molecular weight is 193 g/mol. The summed E-state index contributed by atoms with van der Waals surface area (Å²) in [5.41, 5.74) is 1.03. The Morgan fingerprint density at radius 3 is 2.86 bits per heavy atom. The molecule has 0 bridgehead atoms. The van der Waals surface area contributed by atoms with Gasteiger partial charge in [0, 0.05) is 6.54 Å². The summed E-state index contributed by atoms with van der Waals surface area (Å²) in [5, 5.41) is 3.36. The highest BCUT2D eigenvalue weighted by Gasteiger charge is 2.16. The Labute approximate surface area is 84.3 Å². The van der Waals surface area contributed by atoms with Gasteiger partial charge in [0.05, 0.1) is 0 Å². The first kappa shape index (κ1) is 9.66. The fourth-order valence-electron chi connectivity index (χ4n) is 1.76. The Morgan fingerprint density at radius 2 is 2.21 bits per heavy atom. The molecule has 76 valence electrons. The molecule has 1 nitrogen and oxygen atoms in total. The van der Waals surface area contributed by atoms with Crippen LogP contribution in [0.4, 0.5) is 4.39 Å². The molecule has 0 unspecified atom stereocenters. The van der Waals surface area contributed by atoms with Crippen LogP contribution >= 0.6 is 0 Å². The molecule has 1 N–H and O–H groups in total. The largest absolute Gasteiger partial charge is 0.312 e. The molecule has 0 spiro atoms. The first-order chi connectivity index (χ1) is 6.84. The summed E-state index contributed by atoms with van der Waals surface area (Å²) in [6.07, 6.45) is 4.10. The minimum atomic E-state index is -0.145. The van der Waals surface area contributed by atoms with Gasteiger partial charge in [-0.3, -0.25) is 0 Å². The van der Waals surface area contributed by atoms with Crippen molar-refractivity contribution in [2.45, 2.75) is 25.8 Å². The lowest BCUT2D eigenvalue weighted by molar-refractivity contribution is 0.301. The maximum Gasteiger partial charge on any atom is 0.123 e. The van der Waals surface area contributed by atoms with Gasteiger partial charge in [0.15, 0.2) is 0 Å². The second-order valence-electron chi connectivity index (χ2n) is 4.06. The summed E-state index contributed by atoms with van der Waals surface area (Å²) in [6.45, 7) is 1.87. The van der Waals surface area contributed by atoms with Crippen LogP contribution < -0.4 is 5.32 Å². The third-order valence-corrected chi connectivity index (χ3v) is 2.88. The molecule has 0 saturated heterocycles. The van der Waals surface area contributed by atoms with Gasteiger partial charge in [-0.1, -0.05) is 18.6 Å². The lowest BCUT2D eigenvalue weighted by Crippen LogP contribution is -2.26. The Kier molecular flexibility index (Phi) is 3.14. The van der Waals surface area contributed by atoms with Gasteiger partial charge in [0.2, 0.25) is 0 Å². The van der Waals surface area contributed by atoms with Gasteiger partial charge < -0.3 is 5.32 Å². The summed E-state index contributed by atoms with van der Waals surface area (Å²) >= 11 is 0. The van der Waals surface area contributed by atoms with Crippen molar-refractivity contribution in [3.8, 4) is 0 Å². The van der Waals surface area contributed by atoms with E-state index in [0.29, 0.717) is 0 Å². The monoisotopic (exact) mass is 193 g/mol. The molecule has 0 heterocycles. The van der Waals surface area contributed by atoms with Crippen LogP contribution in [-0.4, -0.2) is 6.54 Å². The number of rotatable bonds is 4. The van der Waals surface area contributed by atoms with Crippen LogP contribution in [0.25, 0.3) is 0 Å². The summed E-state index contributed by atoms with van der Waals surface area (Å²) < 4.78 is 12.8. The highest BCUT2D eigenvalue weighted by atomic mass is 19.1. The van der Waals surface area contributed by atoms with Gasteiger partial charge in [-0.15, -0.1) is 0 Å². The van der Waals surface area contributed by atoms with Crippen molar-refractivity contribution in [2.24, 2.45) is 5.92 Å². The van der Waals surface area contributed by atoms with Gasteiger partial charge in [0.25, 0.3) is 0 Å². The van der Waals surface area contributed by atoms with Crippen molar-refractivity contribution in [1.29, 1.82) is 0 Å². The normalized spacial score (nSPS) is 16.6. The Hall–Kier alpha value is -0.890. The van der Waals surface area contributed by atoms with Crippen molar-refractivity contribution in [3.05, 3.63) is 35.6 Å². The molecule has 0 amide bonds. The van der Waals surface area contributed by atoms with Crippen LogP contribution in [0.15, 0.2) is 24.3 Å². The van der Waals surface area contributed by atoms with Gasteiger partial charge in [-0.2, -0.15) is 0 Å². The molecule has 0 aromatic heterocycles. The summed E-state index contributed by atoms with van der Waals surface area (Å²) in [7, 11) is 0. The highest BCUT2D eigenvalue weighted by molar-refractivity contribution is 5.15. The van der Waals surface area contributed by atoms with E-state index in [0.717, 1.165) is 24.6 Å². The molecular formula is C12H16FN. The minimum absolute atomic E-state index is 0.145. The molecule has 1 fully saturated rings. The van der Waals surface area contributed by atoms with E-state index in [1.54, 1.807) is 12.1 Å². The second kappa shape index (κ2) is 4.56. The predicted octanol–water partition coefficient (Wildman–Crippen LogP) is 2.72. The van der Waals surface area contributed by atoms with Crippen molar-refractivity contribution >= 4 is 0 Å². The minimum Gasteiger partial charge on any atom is -0.312 e. The van der Waals surface area contributed by atoms with E-state index >= 15 is 0 Å². The molecule has 2 heteroatoms. The highest BCUT2D eigenvalue weighted by Crippen LogP contribution is 2.25. The van der Waals surface area contributed by atoms with E-state index in [-0.39, 0.29) is 5.82 Å². The number of benzene rings is 1. The van der Waals surface area contributed by atoms with E-state index in [4.69, 9.17) is 0 Å². The molecule has 2 rings (SSSR count). The van der Waals surface area contributed by atoms with Crippen molar-refractivity contribution in [2.75, 3.05) is 6.54 Å². The molecule has 1 aromatic carbocycles. The standard InChI is InChI=1S/C12H16FN/c13-12-6-2-5-11(7-12)9-14-8-10-3-1-4-10/h2,5-7,10,14H,1,3-4,8-9H2. The Bertz CT molecular complexity index is 294. The summed E-state index contributed by atoms with van der Waals surface area (Å²) in [6, 6.07) is 6.79. The van der Waals surface area contributed by atoms with Crippen molar-refractivity contribution in [3.63, 3.8) is 0 Å². The molecule has 1 aliphatic carbocycles. The lowest BCUT2D eigenvalue weighted by Gasteiger charge is -2.25. The molecule has 1 aliphatic rings. The molecule has 0 atom stereocenters. The first-order valence-electron chi connectivity index (χ1n) is 5.30. The Balaban J connectivity index is 1.74. The SMILES string of the molecule is Fc1cccc(CNCC2CCC2)c1. The van der Waals surface area contributed by atoms with Crippen molar-refractivity contribution in [1.82, 2.24) is 5.32 Å². The second-order valence-corrected chi connectivity index (χ2v) is 4.06. The number of hydrogen-bond donors (Lipinski definition) is 1. The third-order valence-electron chi connectivity index (χ3n) is 2.88. The zero-order valence-electron chi connectivity index (χ0n) is 8.30. The van der Waals surface area contributed by atoms with E-state index < -0.39 is 0 Å². The predicted molar refractivity (Wildman–Crippen MR) is 55.4 cm³/mol. The lowest BCUT2D eigenvalue weighted by atomic mass is 9.85. The Morgan fingerprint density at radius 1 is 1.36 bits per heavy atom. The molecule has 0 radical (unpaired) electrons. The van der Waals surface area contributed by atoms with E-state index in [2.05, 4.69) is 5.32 Å². The number of hydrogen-bond acceptors (Lipinski definition) is 1. The van der Waals surface area contributed by atoms with Gasteiger partial charge in [-0.05, 0) is 43.0 Å². The summed E-state index contributed by atoms with van der Waals surface area (Å²) in [4.78, 5) is 0. The third kappa shape index (κ3) is 2.55. The topological polar surface area (TPSA) is 12.0 Å². The smallest absolute Gasteiger partial charge is 0.123 e. The fourth-order valence-corrected chi connectivity index (χ4v) is 1.76. The van der Waals surface area contributed by atoms with E-state index in [1.807, 2.05) is 6.07 Å². The van der Waals surface area contributed by atoms with Gasteiger partial charge in [-0.25, -0.2) is 4.39 Å². The maximum absolute atomic E-state index is 12.8. The van der Waals surface area contributed by atoms with E-state index in [9.17, 15) is 4.39 Å². The van der Waals surface area contributed by atoms with Crippen molar-refractivity contribution < 1.29 is 4.39 Å². The van der Waals surface area contributed by atoms with Gasteiger partial charge in [0.1, 0.15) is 5.82 Å². The zero-order valence-corrected chi connectivity index (χ0v) is 8.30. The van der Waals surface area contributed by atoms with Crippen LogP contribution in [0.5, 0.6) is 0 Å². The average Bonchev–Trinajstić information content (AvgIpc) is 2.09. The quantitative estimate of drug-likeness (QED) is 0.775. The molecular weight excluding hydrogens is 177 g/mol. The van der Waals surface area contributed by atoms with Crippen LogP contribution in [0.3, 0.4) is 0 Å². The molecule has 1 aromatic rings.